The number of hydrogen-bond donors (Lipinski definition) is 0. The fraction of sp³-hybridized carbons (Fsp3) is 0.174. The Bertz CT molecular complexity index is 1280. The molecule has 2 aromatic carbocycles. The minimum atomic E-state index is 0.285. The molecule has 0 saturated carbocycles. The predicted molar refractivity (Wildman–Crippen MR) is 122 cm³/mol. The smallest absolute Gasteiger partial charge is 0.231 e. The molecule has 0 aliphatic rings. The van der Waals surface area contributed by atoms with Crippen LogP contribution < -0.4 is 9.47 Å². The summed E-state index contributed by atoms with van der Waals surface area (Å²) in [6.45, 7) is 9.98. The fourth-order valence-corrected chi connectivity index (χ4v) is 3.59. The summed E-state index contributed by atoms with van der Waals surface area (Å²) in [5.41, 5.74) is 2.90. The number of halogens is 2. The van der Waals surface area contributed by atoms with Gasteiger partial charge in [0.05, 0.1) is 35.3 Å². The third-order valence-electron chi connectivity index (χ3n) is 4.61. The highest BCUT2D eigenvalue weighted by Gasteiger charge is 2.14. The van der Waals surface area contributed by atoms with Crippen molar-refractivity contribution in [2.75, 3.05) is 12.5 Å². The first-order chi connectivity index (χ1) is 15.1. The van der Waals surface area contributed by atoms with Crippen molar-refractivity contribution in [3.63, 3.8) is 0 Å². The number of nitrogens with zero attached hydrogens (tertiary/aromatic N) is 4. The van der Waals surface area contributed by atoms with Gasteiger partial charge in [-0.2, -0.15) is 0 Å². The summed E-state index contributed by atoms with van der Waals surface area (Å²) in [4.78, 5) is 12.0. The molecule has 0 bridgehead atoms. The van der Waals surface area contributed by atoms with E-state index in [0.717, 1.165) is 28.0 Å². The molecule has 8 heteroatoms. The van der Waals surface area contributed by atoms with Crippen LogP contribution in [0.1, 0.15) is 11.5 Å². The van der Waals surface area contributed by atoms with Gasteiger partial charge in [-0.15, -0.1) is 11.6 Å². The molecule has 0 saturated heterocycles. The van der Waals surface area contributed by atoms with Gasteiger partial charge in [-0.25, -0.2) is 14.8 Å². The molecule has 0 fully saturated rings. The van der Waals surface area contributed by atoms with Crippen molar-refractivity contribution in [3.8, 4) is 17.2 Å². The lowest BCUT2D eigenvalue weighted by atomic mass is 10.2. The summed E-state index contributed by atoms with van der Waals surface area (Å²) in [5, 5.41) is 1.37. The van der Waals surface area contributed by atoms with Crippen LogP contribution in [-0.4, -0.2) is 27.0 Å². The molecule has 0 unspecified atom stereocenters. The highest BCUT2D eigenvalue weighted by atomic mass is 35.5. The van der Waals surface area contributed by atoms with Crippen LogP contribution in [0.15, 0.2) is 54.9 Å². The first kappa shape index (κ1) is 21.0. The van der Waals surface area contributed by atoms with Gasteiger partial charge in [0.2, 0.25) is 5.69 Å². The second-order valence-electron chi connectivity index (χ2n) is 6.72. The molecule has 0 radical (unpaired) electrons. The Labute approximate surface area is 189 Å². The molecule has 2 aromatic heterocycles. The van der Waals surface area contributed by atoms with Crippen LogP contribution >= 0.6 is 23.2 Å². The van der Waals surface area contributed by atoms with Crippen molar-refractivity contribution in [2.24, 2.45) is 0 Å². The second-order valence-corrected chi connectivity index (χ2v) is 7.50. The van der Waals surface area contributed by atoms with Gasteiger partial charge < -0.3 is 14.0 Å². The maximum atomic E-state index is 7.48. The van der Waals surface area contributed by atoms with Gasteiger partial charge in [0.25, 0.3) is 0 Å². The molecule has 0 spiro atoms. The zero-order valence-corrected chi connectivity index (χ0v) is 18.2. The topological polar surface area (TPSA) is 53.5 Å². The molecule has 156 valence electrons. The van der Waals surface area contributed by atoms with E-state index in [1.807, 2.05) is 48.0 Å². The lowest BCUT2D eigenvalue weighted by molar-refractivity contribution is 0.301. The summed E-state index contributed by atoms with van der Waals surface area (Å²) in [6, 6.07) is 13.2. The van der Waals surface area contributed by atoms with Gasteiger partial charge in [0.1, 0.15) is 23.9 Å². The average Bonchev–Trinajstić information content (AvgIpc) is 3.20. The molecule has 4 rings (SSSR count). The number of benzene rings is 2. The number of rotatable bonds is 7. The van der Waals surface area contributed by atoms with E-state index in [1.54, 1.807) is 18.3 Å². The molecule has 4 aromatic rings. The maximum Gasteiger partial charge on any atom is 0.231 e. The van der Waals surface area contributed by atoms with Crippen LogP contribution in [-0.2, 0) is 6.61 Å². The normalized spacial score (nSPS) is 10.8. The zero-order chi connectivity index (χ0) is 21.8. The van der Waals surface area contributed by atoms with E-state index in [4.69, 9.17) is 39.2 Å². The summed E-state index contributed by atoms with van der Waals surface area (Å²) in [7, 11) is 0. The van der Waals surface area contributed by atoms with Crippen LogP contribution in [0.4, 0.5) is 5.69 Å². The van der Waals surface area contributed by atoms with Crippen LogP contribution in [0.3, 0.4) is 0 Å². The SMILES string of the molecule is [C-]#[N+]c1cc(-n2ccc3cc(OCc4ccnc(C)n4)ccc32)cc(Cl)c1OCCCl. The van der Waals surface area contributed by atoms with E-state index in [9.17, 15) is 0 Å². The quantitative estimate of drug-likeness (QED) is 0.250. The summed E-state index contributed by atoms with van der Waals surface area (Å²) in [6.07, 6.45) is 3.65. The standard InChI is InChI=1S/C23H18Cl2N4O2/c1-15-27-8-5-17(28-15)14-31-19-3-4-22-16(11-19)6-9-29(22)18-12-20(25)23(30-10-7-24)21(13-18)26-2/h3-6,8-9,11-13H,7,10,14H2,1H3. The average molecular weight is 453 g/mol. The van der Waals surface area contributed by atoms with Gasteiger partial charge in [0.15, 0.2) is 0 Å². The Balaban J connectivity index is 1.61. The predicted octanol–water partition coefficient (Wildman–Crippen LogP) is 6.13. The molecule has 0 aliphatic heterocycles. The Morgan fingerprint density at radius 2 is 2.00 bits per heavy atom. The highest BCUT2D eigenvalue weighted by molar-refractivity contribution is 6.32. The van der Waals surface area contributed by atoms with Gasteiger partial charge in [-0.3, -0.25) is 0 Å². The zero-order valence-electron chi connectivity index (χ0n) is 16.7. The lowest BCUT2D eigenvalue weighted by Gasteiger charge is -2.13. The second kappa shape index (κ2) is 9.25. The molecule has 2 heterocycles. The summed E-state index contributed by atoms with van der Waals surface area (Å²) >= 11 is 12.1. The molecule has 31 heavy (non-hydrogen) atoms. The van der Waals surface area contributed by atoms with Crippen molar-refractivity contribution >= 4 is 39.8 Å². The van der Waals surface area contributed by atoms with Crippen molar-refractivity contribution in [2.45, 2.75) is 13.5 Å². The van der Waals surface area contributed by atoms with Gasteiger partial charge >= 0.3 is 0 Å². The molecule has 0 amide bonds. The Morgan fingerprint density at radius 3 is 2.77 bits per heavy atom. The van der Waals surface area contributed by atoms with E-state index in [-0.39, 0.29) is 6.61 Å². The van der Waals surface area contributed by atoms with Crippen LogP contribution in [0.2, 0.25) is 5.02 Å². The number of aryl methyl sites for hydroxylation is 1. The first-order valence-electron chi connectivity index (χ1n) is 9.51. The number of fused-ring (bicyclic) bond motifs is 1. The molecular formula is C23H18Cl2N4O2. The van der Waals surface area contributed by atoms with Crippen LogP contribution in [0, 0.1) is 13.5 Å². The third-order valence-corrected chi connectivity index (χ3v) is 5.05. The van der Waals surface area contributed by atoms with E-state index >= 15 is 0 Å². The number of ether oxygens (including phenoxy) is 2. The molecule has 0 N–H and O–H groups in total. The minimum Gasteiger partial charge on any atom is -0.502 e. The van der Waals surface area contributed by atoms with E-state index in [0.29, 0.717) is 34.8 Å². The Kier molecular flexibility index (Phi) is 6.26. The summed E-state index contributed by atoms with van der Waals surface area (Å²) in [5.74, 6) is 2.13. The van der Waals surface area contributed by atoms with E-state index < -0.39 is 0 Å². The minimum absolute atomic E-state index is 0.285. The Hall–Kier alpha value is -3.27. The fourth-order valence-electron chi connectivity index (χ4n) is 3.25. The molecule has 0 aliphatic carbocycles. The molecule has 0 atom stereocenters. The van der Waals surface area contributed by atoms with Crippen molar-refractivity contribution in [1.29, 1.82) is 0 Å². The first-order valence-corrected chi connectivity index (χ1v) is 10.4. The molecular weight excluding hydrogens is 435 g/mol. The van der Waals surface area contributed by atoms with Crippen molar-refractivity contribution in [3.05, 3.63) is 82.8 Å². The largest absolute Gasteiger partial charge is 0.502 e. The summed E-state index contributed by atoms with van der Waals surface area (Å²) < 4.78 is 13.4. The lowest BCUT2D eigenvalue weighted by Crippen LogP contribution is -2.01. The van der Waals surface area contributed by atoms with Crippen LogP contribution in [0.25, 0.3) is 21.4 Å². The van der Waals surface area contributed by atoms with Gasteiger partial charge in [-0.1, -0.05) is 11.6 Å². The number of aromatic nitrogens is 3. The maximum absolute atomic E-state index is 7.48. The van der Waals surface area contributed by atoms with Gasteiger partial charge in [0, 0.05) is 23.5 Å². The van der Waals surface area contributed by atoms with E-state index in [1.165, 1.54) is 0 Å². The van der Waals surface area contributed by atoms with Crippen molar-refractivity contribution in [1.82, 2.24) is 14.5 Å². The van der Waals surface area contributed by atoms with Crippen molar-refractivity contribution < 1.29 is 9.47 Å². The number of hydrogen-bond acceptors (Lipinski definition) is 4. The Morgan fingerprint density at radius 1 is 1.13 bits per heavy atom. The number of alkyl halides is 1. The monoisotopic (exact) mass is 452 g/mol. The highest BCUT2D eigenvalue weighted by Crippen LogP contribution is 2.39. The molecule has 6 nitrogen and oxygen atoms in total. The third kappa shape index (κ3) is 4.58. The van der Waals surface area contributed by atoms with Crippen LogP contribution in [0.5, 0.6) is 11.5 Å². The van der Waals surface area contributed by atoms with Gasteiger partial charge in [-0.05, 0) is 49.4 Å². The van der Waals surface area contributed by atoms with E-state index in [2.05, 4.69) is 14.8 Å².